The first kappa shape index (κ1) is 13.6. The summed E-state index contributed by atoms with van der Waals surface area (Å²) in [4.78, 5) is 0. The van der Waals surface area contributed by atoms with Gasteiger partial charge >= 0.3 is 0 Å². The lowest BCUT2D eigenvalue weighted by molar-refractivity contribution is 0.408. The van der Waals surface area contributed by atoms with Gasteiger partial charge in [-0.3, -0.25) is 0 Å². The summed E-state index contributed by atoms with van der Waals surface area (Å²) >= 11 is 0. The molecule has 0 aromatic heterocycles. The Balaban J connectivity index is 2.93. The first-order valence-corrected chi connectivity index (χ1v) is 6.00. The molecular formula is C15H21NO. The molecule has 0 heterocycles. The zero-order valence-corrected chi connectivity index (χ0v) is 11.1. The number of hydrogen-bond donors (Lipinski definition) is 1. The van der Waals surface area contributed by atoms with Crippen molar-refractivity contribution in [3.8, 4) is 17.6 Å². The van der Waals surface area contributed by atoms with E-state index in [0.29, 0.717) is 0 Å². The van der Waals surface area contributed by atoms with E-state index in [0.717, 1.165) is 35.3 Å². The van der Waals surface area contributed by atoms with E-state index in [4.69, 9.17) is 10.5 Å². The van der Waals surface area contributed by atoms with E-state index in [1.807, 2.05) is 26.0 Å². The molecule has 1 unspecified atom stereocenters. The minimum Gasteiger partial charge on any atom is -0.496 e. The van der Waals surface area contributed by atoms with Crippen molar-refractivity contribution in [3.05, 3.63) is 28.8 Å². The number of rotatable bonds is 3. The molecule has 0 amide bonds. The lowest BCUT2D eigenvalue weighted by Crippen LogP contribution is -2.16. The van der Waals surface area contributed by atoms with Crippen LogP contribution in [-0.2, 0) is 0 Å². The first-order chi connectivity index (χ1) is 8.08. The summed E-state index contributed by atoms with van der Waals surface area (Å²) in [5.41, 5.74) is 9.10. The van der Waals surface area contributed by atoms with E-state index in [1.165, 1.54) is 0 Å². The summed E-state index contributed by atoms with van der Waals surface area (Å²) in [7, 11) is 1.69. The molecule has 0 spiro atoms. The van der Waals surface area contributed by atoms with Crippen LogP contribution in [0, 0.1) is 25.7 Å². The first-order valence-electron chi connectivity index (χ1n) is 6.00. The molecule has 0 aliphatic heterocycles. The third kappa shape index (κ3) is 3.80. The van der Waals surface area contributed by atoms with Crippen LogP contribution in [0.25, 0.3) is 0 Å². The number of ether oxygens (including phenoxy) is 1. The monoisotopic (exact) mass is 231 g/mol. The molecule has 2 heteroatoms. The molecule has 1 aromatic rings. The minimum absolute atomic E-state index is 0.0253. The summed E-state index contributed by atoms with van der Waals surface area (Å²) < 4.78 is 5.32. The van der Waals surface area contributed by atoms with Crippen LogP contribution < -0.4 is 10.5 Å². The Morgan fingerprint density at radius 1 is 1.29 bits per heavy atom. The van der Waals surface area contributed by atoms with Crippen molar-refractivity contribution in [3.63, 3.8) is 0 Å². The Morgan fingerprint density at radius 2 is 1.88 bits per heavy atom. The van der Waals surface area contributed by atoms with Crippen LogP contribution in [-0.4, -0.2) is 13.2 Å². The van der Waals surface area contributed by atoms with E-state index in [1.54, 1.807) is 7.11 Å². The quantitative estimate of drug-likeness (QED) is 0.812. The second-order valence-corrected chi connectivity index (χ2v) is 4.31. The van der Waals surface area contributed by atoms with Gasteiger partial charge in [0.05, 0.1) is 13.2 Å². The van der Waals surface area contributed by atoms with Gasteiger partial charge in [0.1, 0.15) is 5.75 Å². The Morgan fingerprint density at radius 3 is 2.35 bits per heavy atom. The molecule has 1 aromatic carbocycles. The Hall–Kier alpha value is -1.46. The Labute approximate surface area is 104 Å². The standard InChI is InChI=1S/C15H21NO/c1-5-6-14(16)8-7-13-9-11(2)15(17-4)12(3)10-13/h9-10,14H,5-6,16H2,1-4H3. The molecule has 2 nitrogen and oxygen atoms in total. The number of aryl methyl sites for hydroxylation is 2. The highest BCUT2D eigenvalue weighted by Crippen LogP contribution is 2.23. The molecule has 17 heavy (non-hydrogen) atoms. The summed E-state index contributed by atoms with van der Waals surface area (Å²) in [6.07, 6.45) is 2.01. The summed E-state index contributed by atoms with van der Waals surface area (Å²) in [5, 5.41) is 0. The van der Waals surface area contributed by atoms with Gasteiger partial charge in [0.15, 0.2) is 0 Å². The lowest BCUT2D eigenvalue weighted by Gasteiger charge is -2.08. The fourth-order valence-corrected chi connectivity index (χ4v) is 1.90. The van der Waals surface area contributed by atoms with Crippen LogP contribution in [0.2, 0.25) is 0 Å². The average Bonchev–Trinajstić information content (AvgIpc) is 2.26. The van der Waals surface area contributed by atoms with Crippen LogP contribution in [0.3, 0.4) is 0 Å². The van der Waals surface area contributed by atoms with E-state index in [2.05, 4.69) is 18.8 Å². The van der Waals surface area contributed by atoms with Gasteiger partial charge in [-0.2, -0.15) is 0 Å². The molecule has 2 N–H and O–H groups in total. The largest absolute Gasteiger partial charge is 0.496 e. The van der Waals surface area contributed by atoms with Crippen molar-refractivity contribution in [2.45, 2.75) is 39.7 Å². The zero-order chi connectivity index (χ0) is 12.8. The number of methoxy groups -OCH3 is 1. The predicted octanol–water partition coefficient (Wildman–Crippen LogP) is 2.79. The molecular weight excluding hydrogens is 210 g/mol. The van der Waals surface area contributed by atoms with Crippen LogP contribution >= 0.6 is 0 Å². The zero-order valence-electron chi connectivity index (χ0n) is 11.1. The fourth-order valence-electron chi connectivity index (χ4n) is 1.90. The van der Waals surface area contributed by atoms with E-state index in [9.17, 15) is 0 Å². The van der Waals surface area contributed by atoms with Crippen molar-refractivity contribution in [2.75, 3.05) is 7.11 Å². The molecule has 1 atom stereocenters. The van der Waals surface area contributed by atoms with Gasteiger partial charge < -0.3 is 10.5 Å². The molecule has 0 saturated heterocycles. The SMILES string of the molecule is CCCC(N)C#Cc1cc(C)c(OC)c(C)c1. The molecule has 1 rings (SSSR count). The van der Waals surface area contributed by atoms with Gasteiger partial charge in [-0.05, 0) is 43.5 Å². The van der Waals surface area contributed by atoms with Gasteiger partial charge in [-0.1, -0.05) is 25.2 Å². The molecule has 0 bridgehead atoms. The van der Waals surface area contributed by atoms with Crippen molar-refractivity contribution in [1.29, 1.82) is 0 Å². The third-order valence-electron chi connectivity index (χ3n) is 2.67. The van der Waals surface area contributed by atoms with Crippen molar-refractivity contribution in [1.82, 2.24) is 0 Å². The minimum atomic E-state index is -0.0253. The number of nitrogens with two attached hydrogens (primary N) is 1. The van der Waals surface area contributed by atoms with Gasteiger partial charge in [-0.25, -0.2) is 0 Å². The van der Waals surface area contributed by atoms with Crippen LogP contribution in [0.1, 0.15) is 36.5 Å². The third-order valence-corrected chi connectivity index (χ3v) is 2.67. The maximum Gasteiger partial charge on any atom is 0.124 e. The van der Waals surface area contributed by atoms with Gasteiger partial charge in [0.2, 0.25) is 0 Å². The molecule has 0 aliphatic carbocycles. The second-order valence-electron chi connectivity index (χ2n) is 4.31. The van der Waals surface area contributed by atoms with Crippen molar-refractivity contribution < 1.29 is 4.74 Å². The van der Waals surface area contributed by atoms with Crippen molar-refractivity contribution >= 4 is 0 Å². The predicted molar refractivity (Wildman–Crippen MR) is 72.2 cm³/mol. The smallest absolute Gasteiger partial charge is 0.124 e. The highest BCUT2D eigenvalue weighted by Gasteiger charge is 2.03. The highest BCUT2D eigenvalue weighted by atomic mass is 16.5. The lowest BCUT2D eigenvalue weighted by atomic mass is 10.1. The summed E-state index contributed by atoms with van der Waals surface area (Å²) in [6.45, 7) is 6.18. The summed E-state index contributed by atoms with van der Waals surface area (Å²) in [5.74, 6) is 7.15. The van der Waals surface area contributed by atoms with Crippen LogP contribution in [0.4, 0.5) is 0 Å². The maximum absolute atomic E-state index is 5.87. The number of benzene rings is 1. The fraction of sp³-hybridized carbons (Fsp3) is 0.467. The second kappa shape index (κ2) is 6.32. The summed E-state index contributed by atoms with van der Waals surface area (Å²) in [6, 6.07) is 4.05. The molecule has 0 aliphatic rings. The molecule has 0 radical (unpaired) electrons. The maximum atomic E-state index is 5.87. The highest BCUT2D eigenvalue weighted by molar-refractivity contribution is 5.48. The number of hydrogen-bond acceptors (Lipinski definition) is 2. The van der Waals surface area contributed by atoms with Gasteiger partial charge in [-0.15, -0.1) is 0 Å². The molecule has 0 saturated carbocycles. The Bertz CT molecular complexity index is 417. The van der Waals surface area contributed by atoms with Crippen molar-refractivity contribution in [2.24, 2.45) is 5.73 Å². The molecule has 0 fully saturated rings. The van der Waals surface area contributed by atoms with Crippen LogP contribution in [0.15, 0.2) is 12.1 Å². The Kier molecular flexibility index (Phi) is 5.06. The van der Waals surface area contributed by atoms with Crippen LogP contribution in [0.5, 0.6) is 5.75 Å². The van der Waals surface area contributed by atoms with E-state index < -0.39 is 0 Å². The van der Waals surface area contributed by atoms with E-state index in [-0.39, 0.29) is 6.04 Å². The molecule has 92 valence electrons. The van der Waals surface area contributed by atoms with Gasteiger partial charge in [0, 0.05) is 5.56 Å². The normalized spacial score (nSPS) is 11.6. The topological polar surface area (TPSA) is 35.2 Å². The van der Waals surface area contributed by atoms with Gasteiger partial charge in [0.25, 0.3) is 0 Å². The van der Waals surface area contributed by atoms with E-state index >= 15 is 0 Å². The average molecular weight is 231 g/mol.